The maximum Gasteiger partial charge on any atom is 0.243 e. The van der Waals surface area contributed by atoms with E-state index in [1.54, 1.807) is 28.6 Å². The Hall–Kier alpha value is -1.44. The number of rotatable bonds is 4. The molecule has 3 rings (SSSR count). The molecule has 7 heteroatoms. The Morgan fingerprint density at radius 3 is 2.08 bits per heavy atom. The lowest BCUT2D eigenvalue weighted by Gasteiger charge is -2.38. The predicted molar refractivity (Wildman–Crippen MR) is 103 cm³/mol. The van der Waals surface area contributed by atoms with Gasteiger partial charge in [0.15, 0.2) is 0 Å². The van der Waals surface area contributed by atoms with Gasteiger partial charge in [-0.25, -0.2) is 8.42 Å². The normalized spacial score (nSPS) is 21.3. The van der Waals surface area contributed by atoms with Crippen LogP contribution in [0.15, 0.2) is 29.2 Å². The Labute approximate surface area is 156 Å². The van der Waals surface area contributed by atoms with Crippen molar-refractivity contribution in [2.75, 3.05) is 31.5 Å². The molecule has 2 fully saturated rings. The molecular formula is C19H29N3O3S. The first kappa shape index (κ1) is 19.3. The summed E-state index contributed by atoms with van der Waals surface area (Å²) in [6.45, 7) is 4.15. The number of hydrogen-bond acceptors (Lipinski definition) is 4. The zero-order valence-corrected chi connectivity index (χ0v) is 16.3. The highest BCUT2D eigenvalue weighted by Crippen LogP contribution is 2.25. The number of anilines is 1. The zero-order chi connectivity index (χ0) is 18.6. The molecule has 1 saturated heterocycles. The van der Waals surface area contributed by atoms with Gasteiger partial charge in [0.05, 0.1) is 4.90 Å². The van der Waals surface area contributed by atoms with Gasteiger partial charge >= 0.3 is 0 Å². The summed E-state index contributed by atoms with van der Waals surface area (Å²) in [5.74, 6) is -0.171. The molecule has 1 aromatic rings. The van der Waals surface area contributed by atoms with Crippen molar-refractivity contribution in [2.24, 2.45) is 0 Å². The van der Waals surface area contributed by atoms with Crippen LogP contribution < -0.4 is 5.32 Å². The summed E-state index contributed by atoms with van der Waals surface area (Å²) in [6, 6.07) is 7.03. The smallest absolute Gasteiger partial charge is 0.243 e. The minimum absolute atomic E-state index is 0.171. The lowest BCUT2D eigenvalue weighted by atomic mass is 10.1. The Morgan fingerprint density at radius 1 is 0.962 bits per heavy atom. The Morgan fingerprint density at radius 2 is 1.54 bits per heavy atom. The molecule has 2 aliphatic rings. The molecule has 0 radical (unpaired) electrons. The third kappa shape index (κ3) is 4.64. The minimum Gasteiger partial charge on any atom is -0.326 e. The quantitative estimate of drug-likeness (QED) is 0.817. The second-order valence-corrected chi connectivity index (χ2v) is 9.23. The molecule has 0 atom stereocenters. The van der Waals surface area contributed by atoms with Gasteiger partial charge in [-0.2, -0.15) is 4.31 Å². The van der Waals surface area contributed by atoms with E-state index in [4.69, 9.17) is 0 Å². The van der Waals surface area contributed by atoms with Gasteiger partial charge in [-0.15, -0.1) is 0 Å². The zero-order valence-electron chi connectivity index (χ0n) is 15.5. The van der Waals surface area contributed by atoms with Gasteiger partial charge < -0.3 is 5.32 Å². The van der Waals surface area contributed by atoms with Crippen LogP contribution in [0.25, 0.3) is 0 Å². The van der Waals surface area contributed by atoms with Gasteiger partial charge in [-0.05, 0) is 37.1 Å². The van der Waals surface area contributed by atoms with E-state index in [0.29, 0.717) is 24.8 Å². The second kappa shape index (κ2) is 8.50. The molecule has 1 aliphatic heterocycles. The number of nitrogens with one attached hydrogen (secondary N) is 1. The minimum atomic E-state index is -3.47. The number of benzene rings is 1. The van der Waals surface area contributed by atoms with Gasteiger partial charge in [0.25, 0.3) is 0 Å². The maximum absolute atomic E-state index is 12.9. The van der Waals surface area contributed by atoms with Crippen molar-refractivity contribution >= 4 is 21.6 Å². The van der Waals surface area contributed by atoms with Crippen molar-refractivity contribution in [3.63, 3.8) is 0 Å². The van der Waals surface area contributed by atoms with Crippen LogP contribution in [-0.2, 0) is 14.8 Å². The highest BCUT2D eigenvalue weighted by molar-refractivity contribution is 7.89. The average molecular weight is 380 g/mol. The number of amides is 1. The highest BCUT2D eigenvalue weighted by atomic mass is 32.2. The van der Waals surface area contributed by atoms with Crippen LogP contribution in [0.5, 0.6) is 0 Å². The van der Waals surface area contributed by atoms with E-state index in [2.05, 4.69) is 10.2 Å². The summed E-state index contributed by atoms with van der Waals surface area (Å²) in [7, 11) is -3.47. The summed E-state index contributed by atoms with van der Waals surface area (Å²) >= 11 is 0. The van der Waals surface area contributed by atoms with E-state index in [0.717, 1.165) is 13.1 Å². The Balaban J connectivity index is 1.61. The monoisotopic (exact) mass is 379 g/mol. The van der Waals surface area contributed by atoms with Crippen LogP contribution >= 0.6 is 0 Å². The van der Waals surface area contributed by atoms with E-state index in [9.17, 15) is 13.2 Å². The molecule has 26 heavy (non-hydrogen) atoms. The molecular weight excluding hydrogens is 350 g/mol. The van der Waals surface area contributed by atoms with E-state index < -0.39 is 10.0 Å². The molecule has 0 unspecified atom stereocenters. The number of hydrogen-bond donors (Lipinski definition) is 1. The Bertz CT molecular complexity index is 702. The molecule has 1 saturated carbocycles. The summed E-state index contributed by atoms with van der Waals surface area (Å²) in [6.07, 6.45) is 7.75. The average Bonchev–Trinajstić information content (AvgIpc) is 2.91. The van der Waals surface area contributed by atoms with Gasteiger partial charge in [-0.3, -0.25) is 9.69 Å². The van der Waals surface area contributed by atoms with Crippen LogP contribution in [-0.4, -0.2) is 55.8 Å². The molecule has 0 spiro atoms. The van der Waals surface area contributed by atoms with Crippen LogP contribution in [0.2, 0.25) is 0 Å². The molecule has 144 valence electrons. The summed E-state index contributed by atoms with van der Waals surface area (Å²) in [5, 5.41) is 2.66. The number of sulfonamides is 1. The molecule has 1 aromatic carbocycles. The third-order valence-corrected chi connectivity index (χ3v) is 7.34. The number of piperazine rings is 1. The van der Waals surface area contributed by atoms with Crippen molar-refractivity contribution in [3.05, 3.63) is 24.3 Å². The van der Waals surface area contributed by atoms with Crippen molar-refractivity contribution in [1.82, 2.24) is 9.21 Å². The van der Waals surface area contributed by atoms with Crippen molar-refractivity contribution in [2.45, 2.75) is 56.4 Å². The maximum atomic E-state index is 12.9. The molecule has 1 N–H and O–H groups in total. The first-order chi connectivity index (χ1) is 12.5. The highest BCUT2D eigenvalue weighted by Gasteiger charge is 2.31. The fourth-order valence-corrected chi connectivity index (χ4v) is 5.42. The molecule has 1 heterocycles. The van der Waals surface area contributed by atoms with E-state index in [1.165, 1.54) is 45.4 Å². The number of nitrogens with zero attached hydrogens (tertiary/aromatic N) is 2. The van der Waals surface area contributed by atoms with Gasteiger partial charge in [0.2, 0.25) is 15.9 Å². The summed E-state index contributed by atoms with van der Waals surface area (Å²) in [5.41, 5.74) is 0.606. The van der Waals surface area contributed by atoms with Gasteiger partial charge in [-0.1, -0.05) is 25.7 Å². The van der Waals surface area contributed by atoms with Crippen molar-refractivity contribution < 1.29 is 13.2 Å². The Kier molecular flexibility index (Phi) is 6.32. The summed E-state index contributed by atoms with van der Waals surface area (Å²) in [4.78, 5) is 13.9. The fraction of sp³-hybridized carbons (Fsp3) is 0.632. The van der Waals surface area contributed by atoms with E-state index in [-0.39, 0.29) is 10.8 Å². The lowest BCUT2D eigenvalue weighted by Crippen LogP contribution is -2.51. The van der Waals surface area contributed by atoms with Gasteiger partial charge in [0.1, 0.15) is 0 Å². The second-order valence-electron chi connectivity index (χ2n) is 7.29. The number of carbonyl (C=O) groups is 1. The van der Waals surface area contributed by atoms with Crippen LogP contribution in [0.4, 0.5) is 5.69 Å². The first-order valence-electron chi connectivity index (χ1n) is 9.59. The van der Waals surface area contributed by atoms with E-state index in [1.807, 2.05) is 0 Å². The topological polar surface area (TPSA) is 69.7 Å². The molecule has 1 aliphatic carbocycles. The largest absolute Gasteiger partial charge is 0.326 e. The van der Waals surface area contributed by atoms with Crippen molar-refractivity contribution in [1.29, 1.82) is 0 Å². The predicted octanol–water partition coefficient (Wildman–Crippen LogP) is 2.67. The molecule has 0 aromatic heterocycles. The van der Waals surface area contributed by atoms with Crippen LogP contribution in [0.3, 0.4) is 0 Å². The summed E-state index contributed by atoms with van der Waals surface area (Å²) < 4.78 is 27.3. The standard InChI is InChI=1S/C19H29N3O3S/c1-16(23)20-17-8-10-19(11-9-17)26(24,25)22-14-12-21(13-15-22)18-6-4-2-3-5-7-18/h8-11,18H,2-7,12-15H2,1H3,(H,20,23). The van der Waals surface area contributed by atoms with Gasteiger partial charge in [0, 0.05) is 44.8 Å². The van der Waals surface area contributed by atoms with Crippen molar-refractivity contribution in [3.8, 4) is 0 Å². The molecule has 1 amide bonds. The third-order valence-electron chi connectivity index (χ3n) is 5.43. The SMILES string of the molecule is CC(=O)Nc1ccc(S(=O)(=O)N2CCN(C3CCCCCC3)CC2)cc1. The van der Waals surface area contributed by atoms with E-state index >= 15 is 0 Å². The van der Waals surface area contributed by atoms with Crippen LogP contribution in [0.1, 0.15) is 45.4 Å². The first-order valence-corrected chi connectivity index (χ1v) is 11.0. The van der Waals surface area contributed by atoms with Crippen LogP contribution in [0, 0.1) is 0 Å². The molecule has 0 bridgehead atoms. The molecule has 6 nitrogen and oxygen atoms in total. The fourth-order valence-electron chi connectivity index (χ4n) is 3.99. The number of carbonyl (C=O) groups excluding carboxylic acids is 1. The lowest BCUT2D eigenvalue weighted by molar-refractivity contribution is -0.114.